The zero-order valence-corrected chi connectivity index (χ0v) is 10.2. The molecule has 3 heterocycles. The summed E-state index contributed by atoms with van der Waals surface area (Å²) in [7, 11) is 0. The summed E-state index contributed by atoms with van der Waals surface area (Å²) in [6.45, 7) is 4.75. The van der Waals surface area contributed by atoms with Gasteiger partial charge in [-0.25, -0.2) is 9.97 Å². The molecule has 1 N–H and O–H groups in total. The van der Waals surface area contributed by atoms with Crippen molar-refractivity contribution >= 4 is 0 Å². The lowest BCUT2D eigenvalue weighted by molar-refractivity contribution is 0.0848. The number of hydrogen-bond donors (Lipinski definition) is 1. The molecule has 92 valence electrons. The van der Waals surface area contributed by atoms with Crippen LogP contribution in [0.15, 0.2) is 18.5 Å². The van der Waals surface area contributed by atoms with Crippen molar-refractivity contribution in [3.63, 3.8) is 0 Å². The van der Waals surface area contributed by atoms with Crippen molar-refractivity contribution in [2.45, 2.75) is 25.3 Å². The van der Waals surface area contributed by atoms with Crippen LogP contribution < -0.4 is 5.32 Å². The summed E-state index contributed by atoms with van der Waals surface area (Å²) in [5.41, 5.74) is 0. The highest BCUT2D eigenvalue weighted by atomic mass is 15.2. The van der Waals surface area contributed by atoms with E-state index >= 15 is 0 Å². The molecule has 2 saturated heterocycles. The molecule has 2 aliphatic heterocycles. The minimum Gasteiger partial charge on any atom is -0.314 e. The molecule has 0 amide bonds. The Morgan fingerprint density at radius 2 is 2.18 bits per heavy atom. The van der Waals surface area contributed by atoms with E-state index in [2.05, 4.69) is 20.2 Å². The van der Waals surface area contributed by atoms with E-state index in [0.29, 0.717) is 0 Å². The van der Waals surface area contributed by atoms with Crippen LogP contribution >= 0.6 is 0 Å². The highest BCUT2D eigenvalue weighted by Gasteiger charge is 2.30. The van der Waals surface area contributed by atoms with E-state index in [-0.39, 0.29) is 0 Å². The van der Waals surface area contributed by atoms with Crippen molar-refractivity contribution in [2.75, 3.05) is 26.2 Å². The van der Waals surface area contributed by atoms with Gasteiger partial charge >= 0.3 is 0 Å². The Labute approximate surface area is 102 Å². The third kappa shape index (κ3) is 2.64. The number of nitrogens with zero attached hydrogens (tertiary/aromatic N) is 3. The van der Waals surface area contributed by atoms with Crippen LogP contribution in [0.3, 0.4) is 0 Å². The average Bonchev–Trinajstić information content (AvgIpc) is 2.40. The van der Waals surface area contributed by atoms with Gasteiger partial charge in [0, 0.05) is 51.0 Å². The number of nitrogens with one attached hydrogen (secondary N) is 1. The number of hydrogen-bond acceptors (Lipinski definition) is 4. The predicted octanol–water partition coefficient (Wildman–Crippen LogP) is 0.703. The van der Waals surface area contributed by atoms with Crippen LogP contribution in [0.5, 0.6) is 0 Å². The van der Waals surface area contributed by atoms with Gasteiger partial charge in [-0.3, -0.25) is 4.90 Å². The van der Waals surface area contributed by atoms with Crippen molar-refractivity contribution in [1.82, 2.24) is 20.2 Å². The zero-order chi connectivity index (χ0) is 11.5. The molecule has 2 unspecified atom stereocenters. The molecule has 0 saturated carbocycles. The first-order valence-electron chi connectivity index (χ1n) is 6.62. The summed E-state index contributed by atoms with van der Waals surface area (Å²) in [4.78, 5) is 11.3. The van der Waals surface area contributed by atoms with E-state index in [1.54, 1.807) is 0 Å². The van der Waals surface area contributed by atoms with Crippen LogP contribution in [0.1, 0.15) is 18.7 Å². The van der Waals surface area contributed by atoms with E-state index < -0.39 is 0 Å². The molecular weight excluding hydrogens is 212 g/mol. The lowest BCUT2D eigenvalue weighted by atomic mass is 9.89. The predicted molar refractivity (Wildman–Crippen MR) is 66.7 cm³/mol. The molecule has 1 aromatic heterocycles. The van der Waals surface area contributed by atoms with Gasteiger partial charge in [0.1, 0.15) is 5.82 Å². The number of piperazine rings is 1. The summed E-state index contributed by atoms with van der Waals surface area (Å²) in [5, 5.41) is 3.48. The normalized spacial score (nSPS) is 29.9. The van der Waals surface area contributed by atoms with Crippen LogP contribution in [-0.2, 0) is 6.42 Å². The maximum atomic E-state index is 4.33. The van der Waals surface area contributed by atoms with Crippen molar-refractivity contribution in [3.05, 3.63) is 24.3 Å². The summed E-state index contributed by atoms with van der Waals surface area (Å²) in [6.07, 6.45) is 7.38. The summed E-state index contributed by atoms with van der Waals surface area (Å²) in [6, 6.07) is 2.66. The van der Waals surface area contributed by atoms with E-state index in [1.807, 2.05) is 18.5 Å². The fraction of sp³-hybridized carbons (Fsp3) is 0.692. The minimum atomic E-state index is 0.742. The summed E-state index contributed by atoms with van der Waals surface area (Å²) < 4.78 is 0. The molecule has 0 aliphatic carbocycles. The maximum Gasteiger partial charge on any atom is 0.128 e. The van der Waals surface area contributed by atoms with E-state index in [0.717, 1.165) is 30.7 Å². The molecule has 0 radical (unpaired) electrons. The quantitative estimate of drug-likeness (QED) is 0.815. The Morgan fingerprint density at radius 1 is 1.29 bits per heavy atom. The molecule has 2 aliphatic rings. The molecule has 4 nitrogen and oxygen atoms in total. The Morgan fingerprint density at radius 3 is 3.06 bits per heavy atom. The Hall–Kier alpha value is -1.00. The van der Waals surface area contributed by atoms with Crippen molar-refractivity contribution < 1.29 is 0 Å². The second-order valence-corrected chi connectivity index (χ2v) is 5.17. The first-order valence-corrected chi connectivity index (χ1v) is 6.62. The Balaban J connectivity index is 1.59. The maximum absolute atomic E-state index is 4.33. The summed E-state index contributed by atoms with van der Waals surface area (Å²) >= 11 is 0. The van der Waals surface area contributed by atoms with Gasteiger partial charge in [-0.1, -0.05) is 0 Å². The van der Waals surface area contributed by atoms with Gasteiger partial charge in [0.05, 0.1) is 0 Å². The van der Waals surface area contributed by atoms with E-state index in [1.165, 1.54) is 32.5 Å². The van der Waals surface area contributed by atoms with Crippen molar-refractivity contribution in [1.29, 1.82) is 0 Å². The van der Waals surface area contributed by atoms with Crippen LogP contribution in [0.4, 0.5) is 0 Å². The Kier molecular flexibility index (Phi) is 3.34. The standard InChI is InChI=1S/C13H20N4/c1-4-15-13(16-5-1)8-11-2-3-12-9-14-6-7-17(12)10-11/h1,4-5,11-12,14H,2-3,6-10H2. The Bertz CT molecular complexity index is 354. The molecule has 2 atom stereocenters. The molecule has 2 fully saturated rings. The van der Waals surface area contributed by atoms with Crippen molar-refractivity contribution in [3.8, 4) is 0 Å². The lowest BCUT2D eigenvalue weighted by Crippen LogP contribution is -2.55. The monoisotopic (exact) mass is 232 g/mol. The van der Waals surface area contributed by atoms with Crippen molar-refractivity contribution in [2.24, 2.45) is 5.92 Å². The minimum absolute atomic E-state index is 0.742. The molecule has 0 spiro atoms. The third-order valence-electron chi connectivity index (χ3n) is 3.96. The zero-order valence-electron chi connectivity index (χ0n) is 10.2. The molecule has 4 heteroatoms. The number of rotatable bonds is 2. The first-order chi connectivity index (χ1) is 8.42. The second-order valence-electron chi connectivity index (χ2n) is 5.17. The SMILES string of the molecule is c1cnc(CC2CCC3CNCCN3C2)nc1. The molecule has 3 rings (SSSR count). The number of aromatic nitrogens is 2. The second kappa shape index (κ2) is 5.10. The highest BCUT2D eigenvalue weighted by molar-refractivity contribution is 4.94. The van der Waals surface area contributed by atoms with Gasteiger partial charge < -0.3 is 5.32 Å². The third-order valence-corrected chi connectivity index (χ3v) is 3.96. The fourth-order valence-electron chi connectivity index (χ4n) is 3.04. The van der Waals surface area contributed by atoms with Gasteiger partial charge in [-0.05, 0) is 24.8 Å². The number of fused-ring (bicyclic) bond motifs is 1. The highest BCUT2D eigenvalue weighted by Crippen LogP contribution is 2.24. The first kappa shape index (κ1) is 11.1. The van der Waals surface area contributed by atoms with Gasteiger partial charge in [0.15, 0.2) is 0 Å². The van der Waals surface area contributed by atoms with Crippen LogP contribution in [0.2, 0.25) is 0 Å². The molecule has 0 bridgehead atoms. The smallest absolute Gasteiger partial charge is 0.128 e. The summed E-state index contributed by atoms with van der Waals surface area (Å²) in [5.74, 6) is 1.75. The van der Waals surface area contributed by atoms with E-state index in [4.69, 9.17) is 0 Å². The topological polar surface area (TPSA) is 41.1 Å². The lowest BCUT2D eigenvalue weighted by Gasteiger charge is -2.42. The van der Waals surface area contributed by atoms with Gasteiger partial charge in [-0.2, -0.15) is 0 Å². The van der Waals surface area contributed by atoms with Crippen LogP contribution in [0, 0.1) is 5.92 Å². The molecule has 17 heavy (non-hydrogen) atoms. The van der Waals surface area contributed by atoms with E-state index in [9.17, 15) is 0 Å². The number of piperidine rings is 1. The molecule has 1 aromatic rings. The average molecular weight is 232 g/mol. The molecule has 0 aromatic carbocycles. The van der Waals surface area contributed by atoms with Gasteiger partial charge in [0.2, 0.25) is 0 Å². The fourth-order valence-corrected chi connectivity index (χ4v) is 3.04. The van der Waals surface area contributed by atoms with Crippen LogP contribution in [-0.4, -0.2) is 47.1 Å². The molecular formula is C13H20N4. The van der Waals surface area contributed by atoms with Crippen LogP contribution in [0.25, 0.3) is 0 Å². The van der Waals surface area contributed by atoms with Gasteiger partial charge in [0.25, 0.3) is 0 Å². The largest absolute Gasteiger partial charge is 0.314 e. The van der Waals surface area contributed by atoms with Gasteiger partial charge in [-0.15, -0.1) is 0 Å².